The van der Waals surface area contributed by atoms with Gasteiger partial charge in [0, 0.05) is 24.7 Å². The predicted octanol–water partition coefficient (Wildman–Crippen LogP) is 14.6. The molecule has 3 heterocycles. The molecule has 58 heavy (non-hydrogen) atoms. The lowest BCUT2D eigenvalue weighted by Crippen LogP contribution is -2.27. The van der Waals surface area contributed by atoms with Crippen LogP contribution in [-0.4, -0.2) is 58.0 Å². The van der Waals surface area contributed by atoms with Crippen molar-refractivity contribution in [3.05, 3.63) is 86.5 Å². The molecule has 0 radical (unpaired) electrons. The van der Waals surface area contributed by atoms with E-state index in [1.54, 1.807) is 0 Å². The van der Waals surface area contributed by atoms with E-state index in [-0.39, 0.29) is 0 Å². The Balaban J connectivity index is 0. The molecule has 3 aliphatic rings. The zero-order chi connectivity index (χ0) is 45.0. The second kappa shape index (κ2) is 31.8. The van der Waals surface area contributed by atoms with Gasteiger partial charge in [-0.05, 0) is 98.5 Å². The second-order valence-corrected chi connectivity index (χ2v) is 13.2. The van der Waals surface area contributed by atoms with E-state index in [0.29, 0.717) is 38.1 Å². The highest BCUT2D eigenvalue weighted by atomic mass is 16.6. The lowest BCUT2D eigenvalue weighted by molar-refractivity contribution is 0.280. The summed E-state index contributed by atoms with van der Waals surface area (Å²) in [5.74, 6) is 2.93. The molecule has 3 saturated heterocycles. The van der Waals surface area contributed by atoms with Crippen molar-refractivity contribution in [2.45, 2.75) is 188 Å². The normalized spacial score (nSPS) is 17.0. The van der Waals surface area contributed by atoms with Gasteiger partial charge in [0.15, 0.2) is 0 Å². The van der Waals surface area contributed by atoms with Crippen LogP contribution in [0, 0.1) is 41.5 Å². The first-order valence-corrected chi connectivity index (χ1v) is 23.2. The van der Waals surface area contributed by atoms with Crippen LogP contribution in [0.3, 0.4) is 0 Å². The second-order valence-electron chi connectivity index (χ2n) is 13.2. The fourth-order valence-corrected chi connectivity index (χ4v) is 6.48. The Bertz CT molecular complexity index is 1250. The summed E-state index contributed by atoms with van der Waals surface area (Å²) in [6, 6.07) is 13.9. The summed E-state index contributed by atoms with van der Waals surface area (Å²) in [5, 5.41) is 0. The first-order chi connectivity index (χ1) is 28.1. The molecule has 3 aromatic rings. The van der Waals surface area contributed by atoms with Gasteiger partial charge in [0.05, 0.1) is 58.0 Å². The molecule has 3 aromatic carbocycles. The van der Waals surface area contributed by atoms with Crippen LogP contribution in [0.2, 0.25) is 0 Å². The van der Waals surface area contributed by atoms with Crippen molar-refractivity contribution < 1.29 is 28.4 Å². The average molecular weight is 811 g/mol. The van der Waals surface area contributed by atoms with E-state index >= 15 is 0 Å². The fourth-order valence-electron chi connectivity index (χ4n) is 6.48. The topological polar surface area (TPSA) is 65.3 Å². The first-order valence-electron chi connectivity index (χ1n) is 23.2. The van der Waals surface area contributed by atoms with Gasteiger partial charge in [0.2, 0.25) is 0 Å². The van der Waals surface area contributed by atoms with Crippen molar-refractivity contribution in [1.29, 1.82) is 0 Å². The van der Waals surface area contributed by atoms with E-state index in [2.05, 4.69) is 84.9 Å². The summed E-state index contributed by atoms with van der Waals surface area (Å²) in [5.41, 5.74) is 10.2. The van der Waals surface area contributed by atoms with Gasteiger partial charge in [-0.25, -0.2) is 0 Å². The van der Waals surface area contributed by atoms with Crippen molar-refractivity contribution in [3.63, 3.8) is 0 Å². The van der Waals surface area contributed by atoms with Gasteiger partial charge in [-0.2, -0.15) is 0 Å². The van der Waals surface area contributed by atoms with Gasteiger partial charge in [-0.15, -0.1) is 0 Å². The Labute approximate surface area is 359 Å². The molecule has 6 rings (SSSR count). The average Bonchev–Trinajstić information content (AvgIpc) is 4.10. The van der Waals surface area contributed by atoms with Crippen LogP contribution < -0.4 is 14.2 Å². The van der Waals surface area contributed by atoms with Gasteiger partial charge in [-0.3, -0.25) is 0 Å². The van der Waals surface area contributed by atoms with Gasteiger partial charge in [0.25, 0.3) is 0 Å². The smallest absolute Gasteiger partial charge is 0.125 e. The minimum absolute atomic E-state index is 0.360. The highest BCUT2D eigenvalue weighted by molar-refractivity contribution is 5.59. The Hall–Kier alpha value is -3.06. The van der Waals surface area contributed by atoms with E-state index in [0.717, 1.165) is 89.7 Å². The highest BCUT2D eigenvalue weighted by Crippen LogP contribution is 2.45. The molecule has 0 amide bonds. The van der Waals surface area contributed by atoms with Crippen molar-refractivity contribution in [2.24, 2.45) is 0 Å². The number of aryl methyl sites for hydroxylation is 6. The summed E-state index contributed by atoms with van der Waals surface area (Å²) >= 11 is 0. The fraction of sp³-hybridized carbons (Fsp3) is 0.654. The number of rotatable bonds is 15. The molecule has 334 valence electrons. The Morgan fingerprint density at radius 1 is 0.397 bits per heavy atom. The van der Waals surface area contributed by atoms with E-state index < -0.39 is 5.41 Å². The molecule has 0 bridgehead atoms. The summed E-state index contributed by atoms with van der Waals surface area (Å²) in [7, 11) is 0. The molecule has 0 spiro atoms. The molecule has 0 aromatic heterocycles. The predicted molar refractivity (Wildman–Crippen MR) is 252 cm³/mol. The van der Waals surface area contributed by atoms with Crippen molar-refractivity contribution in [2.75, 3.05) is 39.6 Å². The number of hydrogen-bond acceptors (Lipinski definition) is 6. The van der Waals surface area contributed by atoms with Crippen molar-refractivity contribution in [1.82, 2.24) is 0 Å². The minimum Gasteiger partial charge on any atom is -0.493 e. The molecule has 3 unspecified atom stereocenters. The molecule has 0 saturated carbocycles. The highest BCUT2D eigenvalue weighted by Gasteiger charge is 2.35. The van der Waals surface area contributed by atoms with Crippen LogP contribution in [0.15, 0.2) is 36.4 Å². The summed E-state index contributed by atoms with van der Waals surface area (Å²) in [6.45, 7) is 47.9. The van der Waals surface area contributed by atoms with E-state index in [1.807, 2.05) is 96.9 Å². The maximum atomic E-state index is 6.29. The largest absolute Gasteiger partial charge is 0.493 e. The number of epoxide rings is 3. The molecule has 6 nitrogen and oxygen atoms in total. The molecule has 0 N–H and O–H groups in total. The van der Waals surface area contributed by atoms with E-state index in [9.17, 15) is 0 Å². The van der Waals surface area contributed by atoms with Gasteiger partial charge in [0.1, 0.15) is 17.2 Å². The molecule has 6 heteroatoms. The monoisotopic (exact) mass is 811 g/mol. The summed E-state index contributed by atoms with van der Waals surface area (Å²) in [4.78, 5) is 0. The van der Waals surface area contributed by atoms with Gasteiger partial charge < -0.3 is 28.4 Å². The quantitative estimate of drug-likeness (QED) is 0.113. The molecule has 3 aliphatic heterocycles. The van der Waals surface area contributed by atoms with E-state index in [1.165, 1.54) is 16.7 Å². The first kappa shape index (κ1) is 57.0. The van der Waals surface area contributed by atoms with Crippen LogP contribution in [0.1, 0.15) is 173 Å². The number of hydrogen-bond donors (Lipinski definition) is 0. The number of benzene rings is 3. The van der Waals surface area contributed by atoms with Crippen LogP contribution in [-0.2, 0) is 19.6 Å². The standard InChI is InChI=1S/C38H48O6.7C2H6/c1-23-14-29(15-24(2)35(23)39-11-8-32-20-42-32)38(7,30-16-25(3)36(26(4)17-30)40-12-9-33-21-43-33)31-18-27(5)37(28(6)19-31)41-13-10-34-22-44-34;7*1-2/h14-19,32-34H,8-13,20-22H2,1-7H3;7*1-2H3. The van der Waals surface area contributed by atoms with Crippen molar-refractivity contribution >= 4 is 0 Å². The zero-order valence-corrected chi connectivity index (χ0v) is 41.5. The molecule has 3 fully saturated rings. The lowest BCUT2D eigenvalue weighted by Gasteiger charge is -2.35. The molecular formula is C52H90O6. The lowest BCUT2D eigenvalue weighted by atomic mass is 9.69. The SMILES string of the molecule is CC.CC.CC.CC.CC.CC.CC.Cc1cc(C(C)(c2cc(C)c(OCCC3CO3)c(C)c2)c2cc(C)c(OCCC3CO3)c(C)c2)cc(C)c1OCCC1CO1. The van der Waals surface area contributed by atoms with Gasteiger partial charge >= 0.3 is 0 Å². The minimum atomic E-state index is -0.429. The maximum absolute atomic E-state index is 6.29. The van der Waals surface area contributed by atoms with Crippen LogP contribution >= 0.6 is 0 Å². The van der Waals surface area contributed by atoms with Crippen LogP contribution in [0.25, 0.3) is 0 Å². The molecule has 3 atom stereocenters. The molecular weight excluding hydrogens is 721 g/mol. The number of ether oxygens (including phenoxy) is 6. The van der Waals surface area contributed by atoms with Crippen LogP contribution in [0.4, 0.5) is 0 Å². The Morgan fingerprint density at radius 2 is 0.569 bits per heavy atom. The van der Waals surface area contributed by atoms with Crippen molar-refractivity contribution in [3.8, 4) is 17.2 Å². The third kappa shape index (κ3) is 17.7. The third-order valence-corrected chi connectivity index (χ3v) is 9.38. The Morgan fingerprint density at radius 3 is 0.724 bits per heavy atom. The summed E-state index contributed by atoms with van der Waals surface area (Å²) < 4.78 is 35.0. The Kier molecular flexibility index (Phi) is 31.3. The van der Waals surface area contributed by atoms with Crippen LogP contribution in [0.5, 0.6) is 17.2 Å². The summed E-state index contributed by atoms with van der Waals surface area (Å²) in [6.07, 6.45) is 3.87. The van der Waals surface area contributed by atoms with Gasteiger partial charge in [-0.1, -0.05) is 133 Å². The van der Waals surface area contributed by atoms with E-state index in [4.69, 9.17) is 28.4 Å². The third-order valence-electron chi connectivity index (χ3n) is 9.38. The molecule has 0 aliphatic carbocycles. The maximum Gasteiger partial charge on any atom is 0.125 e. The zero-order valence-electron chi connectivity index (χ0n) is 41.5.